The van der Waals surface area contributed by atoms with Crippen molar-refractivity contribution >= 4 is 11.9 Å². The van der Waals surface area contributed by atoms with Crippen LogP contribution in [0.2, 0.25) is 0 Å². The number of hydrogen-bond donors (Lipinski definition) is 2. The number of aromatic nitrogens is 3. The Hall–Kier alpha value is -1.63. The second kappa shape index (κ2) is 7.08. The molecule has 2 heterocycles. The Morgan fingerprint density at radius 1 is 1.21 bits per heavy atom. The van der Waals surface area contributed by atoms with Gasteiger partial charge in [-0.2, -0.15) is 15.0 Å². The summed E-state index contributed by atoms with van der Waals surface area (Å²) in [6.07, 6.45) is 5.66. The molecular weight excluding hydrogens is 244 g/mol. The summed E-state index contributed by atoms with van der Waals surface area (Å²) in [6.45, 7) is 4.68. The van der Waals surface area contributed by atoms with E-state index in [9.17, 15) is 0 Å². The minimum absolute atomic E-state index is 0.344. The molecule has 0 unspecified atom stereocenters. The lowest BCUT2D eigenvalue weighted by Gasteiger charge is -2.26. The molecule has 1 aliphatic rings. The van der Waals surface area contributed by atoms with Gasteiger partial charge in [0, 0.05) is 13.1 Å². The van der Waals surface area contributed by atoms with Crippen molar-refractivity contribution in [2.75, 3.05) is 30.0 Å². The van der Waals surface area contributed by atoms with Gasteiger partial charge in [0.1, 0.15) is 0 Å². The summed E-state index contributed by atoms with van der Waals surface area (Å²) in [5, 5.41) is 0. The van der Waals surface area contributed by atoms with E-state index in [1.165, 1.54) is 19.3 Å². The lowest BCUT2D eigenvalue weighted by molar-refractivity contribution is 0.284. The van der Waals surface area contributed by atoms with Crippen LogP contribution in [0.15, 0.2) is 0 Å². The standard InChI is InChI=1S/C12H22N6O/c1-2-3-9-19-12-15-10(17-13)14-11(16-12)18-7-5-4-6-8-18/h2-9,13H2,1H3,(H,14,15,16,17). The van der Waals surface area contributed by atoms with Crippen LogP contribution in [0, 0.1) is 0 Å². The van der Waals surface area contributed by atoms with Gasteiger partial charge in [0.15, 0.2) is 0 Å². The molecule has 0 saturated carbocycles. The van der Waals surface area contributed by atoms with Gasteiger partial charge in [-0.1, -0.05) is 13.3 Å². The number of nitrogens with two attached hydrogens (primary N) is 1. The van der Waals surface area contributed by atoms with Crippen LogP contribution in [-0.4, -0.2) is 34.6 Å². The van der Waals surface area contributed by atoms with Crippen LogP contribution in [0.4, 0.5) is 11.9 Å². The molecule has 3 N–H and O–H groups in total. The van der Waals surface area contributed by atoms with E-state index in [0.717, 1.165) is 25.9 Å². The fourth-order valence-electron chi connectivity index (χ4n) is 2.02. The zero-order chi connectivity index (χ0) is 13.5. The molecule has 0 aliphatic carbocycles. The van der Waals surface area contributed by atoms with E-state index in [4.69, 9.17) is 10.6 Å². The van der Waals surface area contributed by atoms with E-state index in [2.05, 4.69) is 32.2 Å². The Bertz CT molecular complexity index is 394. The zero-order valence-corrected chi connectivity index (χ0v) is 11.4. The monoisotopic (exact) mass is 266 g/mol. The van der Waals surface area contributed by atoms with Gasteiger partial charge in [0.25, 0.3) is 0 Å². The molecule has 1 saturated heterocycles. The molecule has 0 amide bonds. The molecule has 0 atom stereocenters. The topological polar surface area (TPSA) is 89.2 Å². The van der Waals surface area contributed by atoms with Crippen molar-refractivity contribution in [3.8, 4) is 6.01 Å². The zero-order valence-electron chi connectivity index (χ0n) is 11.4. The van der Waals surface area contributed by atoms with Crippen molar-refractivity contribution in [2.24, 2.45) is 5.84 Å². The third-order valence-corrected chi connectivity index (χ3v) is 3.10. The number of hydrazine groups is 1. The van der Waals surface area contributed by atoms with Crippen LogP contribution in [0.1, 0.15) is 39.0 Å². The molecule has 19 heavy (non-hydrogen) atoms. The van der Waals surface area contributed by atoms with Crippen LogP contribution < -0.4 is 20.9 Å². The van der Waals surface area contributed by atoms with Gasteiger partial charge in [0.05, 0.1) is 6.61 Å². The Morgan fingerprint density at radius 3 is 2.68 bits per heavy atom. The van der Waals surface area contributed by atoms with Crippen LogP contribution in [0.3, 0.4) is 0 Å². The van der Waals surface area contributed by atoms with E-state index in [-0.39, 0.29) is 0 Å². The quantitative estimate of drug-likeness (QED) is 0.456. The summed E-state index contributed by atoms with van der Waals surface area (Å²) < 4.78 is 5.54. The van der Waals surface area contributed by atoms with Gasteiger partial charge >= 0.3 is 6.01 Å². The third-order valence-electron chi connectivity index (χ3n) is 3.10. The molecule has 0 aromatic carbocycles. The number of nitrogens with zero attached hydrogens (tertiary/aromatic N) is 4. The lowest BCUT2D eigenvalue weighted by atomic mass is 10.1. The largest absolute Gasteiger partial charge is 0.463 e. The Balaban J connectivity index is 2.10. The summed E-state index contributed by atoms with van der Waals surface area (Å²) in [5.41, 5.74) is 2.47. The molecule has 2 rings (SSSR count). The lowest BCUT2D eigenvalue weighted by Crippen LogP contribution is -2.31. The van der Waals surface area contributed by atoms with Crippen molar-refractivity contribution in [3.63, 3.8) is 0 Å². The molecule has 7 heteroatoms. The number of nitrogen functional groups attached to an aromatic ring is 1. The number of anilines is 2. The molecule has 7 nitrogen and oxygen atoms in total. The number of rotatable bonds is 6. The molecule has 1 aliphatic heterocycles. The summed E-state index contributed by atoms with van der Waals surface area (Å²) in [4.78, 5) is 14.9. The van der Waals surface area contributed by atoms with Gasteiger partial charge < -0.3 is 9.64 Å². The maximum absolute atomic E-state index is 5.54. The number of piperidine rings is 1. The van der Waals surface area contributed by atoms with Crippen molar-refractivity contribution in [1.82, 2.24) is 15.0 Å². The summed E-state index contributed by atoms with van der Waals surface area (Å²) >= 11 is 0. The first-order valence-electron chi connectivity index (χ1n) is 6.94. The van der Waals surface area contributed by atoms with Crippen LogP contribution in [0.5, 0.6) is 6.01 Å². The highest BCUT2D eigenvalue weighted by atomic mass is 16.5. The van der Waals surface area contributed by atoms with E-state index < -0.39 is 0 Å². The second-order valence-corrected chi connectivity index (χ2v) is 4.64. The summed E-state index contributed by atoms with van der Waals surface area (Å²) in [6, 6.07) is 0.344. The van der Waals surface area contributed by atoms with Crippen molar-refractivity contribution in [3.05, 3.63) is 0 Å². The molecule has 106 valence electrons. The van der Waals surface area contributed by atoms with Crippen LogP contribution in [-0.2, 0) is 0 Å². The van der Waals surface area contributed by atoms with E-state index >= 15 is 0 Å². The second-order valence-electron chi connectivity index (χ2n) is 4.64. The predicted molar refractivity (Wildman–Crippen MR) is 74.1 cm³/mol. The number of unbranched alkanes of at least 4 members (excludes halogenated alkanes) is 1. The molecule has 1 fully saturated rings. The number of nitrogens with one attached hydrogen (secondary N) is 1. The highest BCUT2D eigenvalue weighted by Crippen LogP contribution is 2.19. The first kappa shape index (κ1) is 13.8. The Labute approximate surface area is 113 Å². The van der Waals surface area contributed by atoms with Gasteiger partial charge in [-0.25, -0.2) is 5.84 Å². The maximum Gasteiger partial charge on any atom is 0.323 e. The average molecular weight is 266 g/mol. The normalized spacial score (nSPS) is 15.4. The first-order valence-corrected chi connectivity index (χ1v) is 6.94. The smallest absolute Gasteiger partial charge is 0.323 e. The van der Waals surface area contributed by atoms with Gasteiger partial charge in [0.2, 0.25) is 11.9 Å². The molecule has 0 radical (unpaired) electrons. The fourth-order valence-corrected chi connectivity index (χ4v) is 2.02. The van der Waals surface area contributed by atoms with Gasteiger partial charge in [-0.3, -0.25) is 5.43 Å². The van der Waals surface area contributed by atoms with Crippen molar-refractivity contribution in [1.29, 1.82) is 0 Å². The van der Waals surface area contributed by atoms with Gasteiger partial charge in [-0.15, -0.1) is 0 Å². The van der Waals surface area contributed by atoms with Crippen molar-refractivity contribution in [2.45, 2.75) is 39.0 Å². The number of hydrogen-bond acceptors (Lipinski definition) is 7. The van der Waals surface area contributed by atoms with Crippen LogP contribution >= 0.6 is 0 Å². The van der Waals surface area contributed by atoms with E-state index in [0.29, 0.717) is 24.5 Å². The minimum atomic E-state index is 0.344. The average Bonchev–Trinajstić information content (AvgIpc) is 2.48. The SMILES string of the molecule is CCCCOc1nc(NN)nc(N2CCCCC2)n1. The molecule has 0 spiro atoms. The number of ether oxygens (including phenoxy) is 1. The first-order chi connectivity index (χ1) is 9.33. The molecular formula is C12H22N6O. The van der Waals surface area contributed by atoms with Gasteiger partial charge in [-0.05, 0) is 25.7 Å². The highest BCUT2D eigenvalue weighted by molar-refractivity contribution is 5.37. The Morgan fingerprint density at radius 2 is 2.00 bits per heavy atom. The molecule has 1 aromatic rings. The van der Waals surface area contributed by atoms with E-state index in [1.807, 2.05) is 0 Å². The predicted octanol–water partition coefficient (Wildman–Crippen LogP) is 1.33. The Kier molecular flexibility index (Phi) is 5.14. The summed E-state index contributed by atoms with van der Waals surface area (Å²) in [5.74, 6) is 6.39. The van der Waals surface area contributed by atoms with Crippen molar-refractivity contribution < 1.29 is 4.74 Å². The highest BCUT2D eigenvalue weighted by Gasteiger charge is 2.16. The third kappa shape index (κ3) is 3.92. The maximum atomic E-state index is 5.54. The minimum Gasteiger partial charge on any atom is -0.463 e. The summed E-state index contributed by atoms with van der Waals surface area (Å²) in [7, 11) is 0. The van der Waals surface area contributed by atoms with E-state index in [1.54, 1.807) is 0 Å². The fraction of sp³-hybridized carbons (Fsp3) is 0.750. The molecule has 0 bridgehead atoms. The molecule has 1 aromatic heterocycles. The van der Waals surface area contributed by atoms with Crippen LogP contribution in [0.25, 0.3) is 0 Å².